The van der Waals surface area contributed by atoms with Gasteiger partial charge in [-0.3, -0.25) is 9.80 Å². The minimum Gasteiger partial charge on any atom is -0.313 e. The molecule has 5 rings (SSSR count). The summed E-state index contributed by atoms with van der Waals surface area (Å²) < 4.78 is 16.4. The molecule has 0 amide bonds. The molecule has 0 aliphatic heterocycles. The molecular formula is C29H23N4O2P. The molecular weight excluding hydrogens is 467 g/mol. The van der Waals surface area contributed by atoms with Crippen molar-refractivity contribution < 1.29 is 4.57 Å². The molecule has 3 aromatic carbocycles. The minimum absolute atomic E-state index is 0.128. The number of nitrogens with zero attached hydrogens (tertiary/aromatic N) is 4. The van der Waals surface area contributed by atoms with Crippen molar-refractivity contribution in [3.8, 4) is 6.07 Å². The van der Waals surface area contributed by atoms with Gasteiger partial charge in [0.05, 0.1) is 28.9 Å². The van der Waals surface area contributed by atoms with Crippen LogP contribution in [0.2, 0.25) is 0 Å². The van der Waals surface area contributed by atoms with Crippen molar-refractivity contribution in [1.29, 1.82) is 5.26 Å². The summed E-state index contributed by atoms with van der Waals surface area (Å²) in [6.45, 7) is 0. The molecule has 0 unspecified atom stereocenters. The largest absolute Gasteiger partial charge is 0.313 e. The van der Waals surface area contributed by atoms with E-state index in [0.717, 1.165) is 10.6 Å². The van der Waals surface area contributed by atoms with E-state index in [9.17, 15) is 14.6 Å². The van der Waals surface area contributed by atoms with E-state index < -0.39 is 7.14 Å². The van der Waals surface area contributed by atoms with E-state index in [1.807, 2.05) is 72.8 Å². The first-order valence-electron chi connectivity index (χ1n) is 11.5. The van der Waals surface area contributed by atoms with E-state index in [1.54, 1.807) is 48.6 Å². The van der Waals surface area contributed by atoms with Crippen LogP contribution in [0.1, 0.15) is 11.3 Å². The van der Waals surface area contributed by atoms with Crippen molar-refractivity contribution >= 4 is 34.3 Å². The van der Waals surface area contributed by atoms with Crippen molar-refractivity contribution in [2.45, 2.75) is 6.16 Å². The van der Waals surface area contributed by atoms with Crippen LogP contribution in [0, 0.1) is 11.3 Å². The van der Waals surface area contributed by atoms with Crippen LogP contribution in [0.25, 0.3) is 10.8 Å². The summed E-state index contributed by atoms with van der Waals surface area (Å²) in [5, 5.41) is 13.6. The molecule has 6 nitrogen and oxygen atoms in total. The van der Waals surface area contributed by atoms with Crippen LogP contribution in [-0.2, 0) is 10.7 Å². The number of pyridine rings is 2. The van der Waals surface area contributed by atoms with Crippen LogP contribution in [0.15, 0.2) is 114 Å². The fourth-order valence-electron chi connectivity index (χ4n) is 4.41. The van der Waals surface area contributed by atoms with E-state index >= 15 is 0 Å². The van der Waals surface area contributed by atoms with E-state index in [1.165, 1.54) is 4.68 Å². The Balaban J connectivity index is 1.77. The second kappa shape index (κ2) is 9.65. The number of fused-ring (bicyclic) bond motifs is 1. The van der Waals surface area contributed by atoms with Gasteiger partial charge in [0.1, 0.15) is 13.0 Å². The zero-order valence-corrected chi connectivity index (χ0v) is 20.5. The molecule has 0 bridgehead atoms. The number of rotatable bonds is 6. The van der Waals surface area contributed by atoms with E-state index in [4.69, 9.17) is 0 Å². The van der Waals surface area contributed by atoms with Crippen LogP contribution in [0.3, 0.4) is 0 Å². The fraction of sp³-hybridized carbons (Fsp3) is 0.0690. The van der Waals surface area contributed by atoms with Crippen molar-refractivity contribution in [3.63, 3.8) is 0 Å². The van der Waals surface area contributed by atoms with Gasteiger partial charge in [0, 0.05) is 23.9 Å². The number of hydrogen-bond donors (Lipinski definition) is 0. The van der Waals surface area contributed by atoms with Gasteiger partial charge in [0.15, 0.2) is 0 Å². The van der Waals surface area contributed by atoms with Gasteiger partial charge in [-0.15, -0.1) is 0 Å². The third-order valence-corrected chi connectivity index (χ3v) is 9.25. The Bertz CT molecular complexity index is 1630. The predicted molar refractivity (Wildman–Crippen MR) is 144 cm³/mol. The van der Waals surface area contributed by atoms with Crippen LogP contribution in [0.5, 0.6) is 0 Å². The molecule has 2 heterocycles. The molecule has 2 aromatic heterocycles. The minimum atomic E-state index is -3.18. The lowest BCUT2D eigenvalue weighted by Gasteiger charge is -2.27. The van der Waals surface area contributed by atoms with Gasteiger partial charge in [0.2, 0.25) is 0 Å². The first-order chi connectivity index (χ1) is 17.5. The van der Waals surface area contributed by atoms with Gasteiger partial charge in [-0.1, -0.05) is 72.8 Å². The normalized spacial score (nSPS) is 11.2. The third-order valence-electron chi connectivity index (χ3n) is 6.21. The summed E-state index contributed by atoms with van der Waals surface area (Å²) in [6.07, 6.45) is 1.79. The van der Waals surface area contributed by atoms with Gasteiger partial charge in [-0.05, 0) is 35.7 Å². The summed E-state index contributed by atoms with van der Waals surface area (Å²) in [5.74, 6) is 0.561. The predicted octanol–water partition coefficient (Wildman–Crippen LogP) is 4.68. The average molecular weight is 491 g/mol. The number of nitriles is 1. The molecule has 0 aliphatic carbocycles. The molecule has 0 aliphatic rings. The first-order valence-corrected chi connectivity index (χ1v) is 13.3. The summed E-state index contributed by atoms with van der Waals surface area (Å²) in [5.41, 5.74) is 0.681. The van der Waals surface area contributed by atoms with E-state index in [-0.39, 0.29) is 11.7 Å². The Hall–Kier alpha value is -4.46. The molecule has 176 valence electrons. The van der Waals surface area contributed by atoms with Gasteiger partial charge in [0.25, 0.3) is 5.56 Å². The van der Waals surface area contributed by atoms with Crippen molar-refractivity contribution in [3.05, 3.63) is 131 Å². The Morgan fingerprint density at radius 3 is 2.11 bits per heavy atom. The van der Waals surface area contributed by atoms with Gasteiger partial charge in [-0.2, -0.15) is 5.26 Å². The van der Waals surface area contributed by atoms with Crippen molar-refractivity contribution in [1.82, 2.24) is 9.66 Å². The molecule has 0 N–H and O–H groups in total. The molecule has 0 atom stereocenters. The fourth-order valence-corrected chi connectivity index (χ4v) is 7.06. The van der Waals surface area contributed by atoms with Crippen LogP contribution in [0.4, 0.5) is 5.82 Å². The summed E-state index contributed by atoms with van der Waals surface area (Å²) in [4.78, 5) is 18.3. The zero-order valence-electron chi connectivity index (χ0n) is 19.7. The molecule has 7 heteroatoms. The van der Waals surface area contributed by atoms with Gasteiger partial charge in [-0.25, -0.2) is 9.66 Å². The quantitative estimate of drug-likeness (QED) is 0.323. The summed E-state index contributed by atoms with van der Waals surface area (Å²) in [7, 11) is -1.42. The summed E-state index contributed by atoms with van der Waals surface area (Å²) in [6, 6.07) is 33.3. The average Bonchev–Trinajstić information content (AvgIpc) is 2.94. The molecule has 0 radical (unpaired) electrons. The molecule has 0 fully saturated rings. The second-order valence-corrected chi connectivity index (χ2v) is 11.3. The van der Waals surface area contributed by atoms with Crippen LogP contribution < -0.4 is 21.2 Å². The van der Waals surface area contributed by atoms with Crippen molar-refractivity contribution in [2.75, 3.05) is 12.1 Å². The zero-order chi connectivity index (χ0) is 25.1. The monoisotopic (exact) mass is 490 g/mol. The highest BCUT2D eigenvalue weighted by Crippen LogP contribution is 2.47. The lowest BCUT2D eigenvalue weighted by molar-refractivity contribution is 0.584. The standard InChI is InChI=1S/C29H23N4O2P/c1-32(28-14-8-9-17-31-28)33-24(19-23-16-15-22(20-30)18-27(23)29(33)34)21-36(35,25-10-4-2-5-11-25)26-12-6-3-7-13-26/h2-19H,21H2,1H3. The maximum atomic E-state index is 14.9. The van der Waals surface area contributed by atoms with Gasteiger partial charge < -0.3 is 4.57 Å². The lowest BCUT2D eigenvalue weighted by Crippen LogP contribution is -2.39. The lowest BCUT2D eigenvalue weighted by atomic mass is 10.1. The topological polar surface area (TPSA) is 79.0 Å². The first kappa shape index (κ1) is 23.3. The smallest absolute Gasteiger partial charge is 0.277 e. The Labute approximate surface area is 209 Å². The van der Waals surface area contributed by atoms with Crippen LogP contribution >= 0.6 is 7.14 Å². The number of hydrogen-bond acceptors (Lipinski definition) is 5. The Morgan fingerprint density at radius 2 is 1.53 bits per heavy atom. The third kappa shape index (κ3) is 4.22. The second-order valence-electron chi connectivity index (χ2n) is 8.45. The molecule has 0 spiro atoms. The van der Waals surface area contributed by atoms with E-state index in [0.29, 0.717) is 27.8 Å². The van der Waals surface area contributed by atoms with Gasteiger partial charge >= 0.3 is 0 Å². The van der Waals surface area contributed by atoms with E-state index in [2.05, 4.69) is 11.1 Å². The highest BCUT2D eigenvalue weighted by Gasteiger charge is 2.30. The Kier molecular flexibility index (Phi) is 6.25. The molecule has 5 aromatic rings. The molecule has 0 saturated heterocycles. The number of anilines is 1. The Morgan fingerprint density at radius 1 is 0.889 bits per heavy atom. The highest BCUT2D eigenvalue weighted by molar-refractivity contribution is 7.78. The molecule has 0 saturated carbocycles. The van der Waals surface area contributed by atoms with Crippen molar-refractivity contribution in [2.24, 2.45) is 0 Å². The summed E-state index contributed by atoms with van der Waals surface area (Å²) >= 11 is 0. The number of aromatic nitrogens is 2. The SMILES string of the molecule is CN(c1ccccn1)n1c(CP(=O)(c2ccccc2)c2ccccc2)cc2ccc(C#N)cc2c1=O. The highest BCUT2D eigenvalue weighted by atomic mass is 31.2. The maximum absolute atomic E-state index is 14.9. The number of benzene rings is 3. The molecule has 36 heavy (non-hydrogen) atoms. The maximum Gasteiger partial charge on any atom is 0.277 e. The van der Waals surface area contributed by atoms with Crippen LogP contribution in [-0.4, -0.2) is 16.7 Å².